The van der Waals surface area contributed by atoms with Crippen LogP contribution in [0, 0.1) is 12.3 Å². The zero-order valence-electron chi connectivity index (χ0n) is 13.8. The van der Waals surface area contributed by atoms with Crippen molar-refractivity contribution in [1.29, 1.82) is 0 Å². The summed E-state index contributed by atoms with van der Waals surface area (Å²) in [5.74, 6) is -1.18. The van der Waals surface area contributed by atoms with E-state index in [1.807, 2.05) is 0 Å². The van der Waals surface area contributed by atoms with Crippen LogP contribution in [-0.2, 0) is 38.4 Å². The second-order valence-corrected chi connectivity index (χ2v) is 6.31. The minimum Gasteiger partial charge on any atom is -0.367 e. The van der Waals surface area contributed by atoms with E-state index in [4.69, 9.17) is 21.6 Å². The molecule has 4 atom stereocenters. The van der Waals surface area contributed by atoms with Gasteiger partial charge in [0, 0.05) is 13.1 Å². The van der Waals surface area contributed by atoms with Crippen LogP contribution in [0.3, 0.4) is 0 Å². The Morgan fingerprint density at radius 3 is 2.42 bits per heavy atom. The Morgan fingerprint density at radius 2 is 1.85 bits per heavy atom. The first-order valence-electron chi connectivity index (χ1n) is 8.18. The van der Waals surface area contributed by atoms with Crippen molar-refractivity contribution in [3.05, 3.63) is 0 Å². The van der Waals surface area contributed by atoms with E-state index in [1.165, 1.54) is 0 Å². The molecule has 0 bridgehead atoms. The van der Waals surface area contributed by atoms with Crippen LogP contribution < -0.4 is 5.73 Å². The fourth-order valence-corrected chi connectivity index (χ4v) is 2.95. The van der Waals surface area contributed by atoms with Gasteiger partial charge in [0.05, 0.1) is 6.42 Å². The number of ether oxygens (including phenoxy) is 2. The minimum absolute atomic E-state index is 0.271. The van der Waals surface area contributed by atoms with Crippen LogP contribution in [0.25, 0.3) is 0 Å². The number of amides is 2. The van der Waals surface area contributed by atoms with E-state index in [2.05, 4.69) is 15.7 Å². The second kappa shape index (κ2) is 6.93. The maximum atomic E-state index is 12.2. The van der Waals surface area contributed by atoms with E-state index in [1.54, 1.807) is 4.90 Å². The predicted octanol–water partition coefficient (Wildman–Crippen LogP) is -1.59. The highest BCUT2D eigenvalue weighted by Gasteiger charge is 2.68. The first-order valence-corrected chi connectivity index (χ1v) is 8.18. The lowest BCUT2D eigenvalue weighted by molar-refractivity contribution is -0.263. The standard InChI is InChI=1S/C16H18N2O8/c1-2-6-16(11(24-16)12(17)19)15(22)26-25-14(21)10-9(23-10)13(20)18-7-4-3-5-8-18/h1,9-11H,3-8H2,(H2,17,19). The zero-order valence-corrected chi connectivity index (χ0v) is 13.8. The lowest BCUT2D eigenvalue weighted by Gasteiger charge is -2.25. The van der Waals surface area contributed by atoms with Gasteiger partial charge in [-0.1, -0.05) is 0 Å². The van der Waals surface area contributed by atoms with Crippen LogP contribution in [0.5, 0.6) is 0 Å². The molecule has 2 amide bonds. The van der Waals surface area contributed by atoms with Gasteiger partial charge in [0.15, 0.2) is 18.3 Å². The van der Waals surface area contributed by atoms with Crippen molar-refractivity contribution in [2.45, 2.75) is 49.6 Å². The highest BCUT2D eigenvalue weighted by atomic mass is 17.2. The maximum Gasteiger partial charge on any atom is 0.391 e. The van der Waals surface area contributed by atoms with Crippen molar-refractivity contribution >= 4 is 23.8 Å². The largest absolute Gasteiger partial charge is 0.391 e. The number of nitrogens with zero attached hydrogens (tertiary/aromatic N) is 1. The van der Waals surface area contributed by atoms with Crippen molar-refractivity contribution in [2.24, 2.45) is 5.73 Å². The molecule has 0 spiro atoms. The van der Waals surface area contributed by atoms with Crippen LogP contribution in [0.4, 0.5) is 0 Å². The smallest absolute Gasteiger partial charge is 0.367 e. The molecule has 140 valence electrons. The number of carbonyl (C=O) groups excluding carboxylic acids is 4. The fraction of sp³-hybridized carbons (Fsp3) is 0.625. The van der Waals surface area contributed by atoms with Crippen molar-refractivity contribution < 1.29 is 38.4 Å². The number of likely N-dealkylation sites (tertiary alicyclic amines) is 1. The Balaban J connectivity index is 1.47. The van der Waals surface area contributed by atoms with E-state index in [0.717, 1.165) is 19.3 Å². The molecule has 0 aromatic rings. The van der Waals surface area contributed by atoms with E-state index >= 15 is 0 Å². The molecular weight excluding hydrogens is 348 g/mol. The van der Waals surface area contributed by atoms with Crippen molar-refractivity contribution in [3.63, 3.8) is 0 Å². The number of nitrogens with two attached hydrogens (primary N) is 1. The van der Waals surface area contributed by atoms with Crippen LogP contribution in [0.15, 0.2) is 0 Å². The third kappa shape index (κ3) is 3.36. The summed E-state index contributed by atoms with van der Waals surface area (Å²) in [7, 11) is 0. The van der Waals surface area contributed by atoms with Gasteiger partial charge in [-0.3, -0.25) is 9.59 Å². The normalized spacial score (nSPS) is 32.1. The Morgan fingerprint density at radius 1 is 1.15 bits per heavy atom. The Hall–Kier alpha value is -2.64. The molecule has 2 N–H and O–H groups in total. The van der Waals surface area contributed by atoms with Crippen LogP contribution in [-0.4, -0.2) is 65.7 Å². The fourth-order valence-electron chi connectivity index (χ4n) is 2.95. The van der Waals surface area contributed by atoms with Gasteiger partial charge in [-0.2, -0.15) is 0 Å². The molecule has 0 aliphatic carbocycles. The molecule has 3 aliphatic heterocycles. The number of primary amides is 1. The van der Waals surface area contributed by atoms with Crippen LogP contribution in [0.1, 0.15) is 25.7 Å². The molecule has 26 heavy (non-hydrogen) atoms. The van der Waals surface area contributed by atoms with Crippen LogP contribution in [0.2, 0.25) is 0 Å². The van der Waals surface area contributed by atoms with Gasteiger partial charge in [-0.25, -0.2) is 19.4 Å². The van der Waals surface area contributed by atoms with Gasteiger partial charge in [-0.05, 0) is 19.3 Å². The first-order chi connectivity index (χ1) is 12.4. The molecule has 3 fully saturated rings. The predicted molar refractivity (Wildman–Crippen MR) is 81.5 cm³/mol. The van der Waals surface area contributed by atoms with Crippen LogP contribution >= 0.6 is 0 Å². The summed E-state index contributed by atoms with van der Waals surface area (Å²) in [6.07, 6.45) is 4.43. The summed E-state index contributed by atoms with van der Waals surface area (Å²) in [4.78, 5) is 57.6. The number of terminal acetylenes is 1. The molecule has 3 heterocycles. The van der Waals surface area contributed by atoms with Gasteiger partial charge < -0.3 is 20.1 Å². The molecule has 3 rings (SSSR count). The maximum absolute atomic E-state index is 12.2. The molecule has 10 heteroatoms. The van der Waals surface area contributed by atoms with Gasteiger partial charge in [-0.15, -0.1) is 12.3 Å². The Bertz CT molecular complexity index is 680. The van der Waals surface area contributed by atoms with Crippen molar-refractivity contribution in [1.82, 2.24) is 4.90 Å². The Kier molecular flexibility index (Phi) is 4.84. The van der Waals surface area contributed by atoms with Crippen molar-refractivity contribution in [3.8, 4) is 12.3 Å². The highest BCUT2D eigenvalue weighted by Crippen LogP contribution is 2.41. The van der Waals surface area contributed by atoms with E-state index in [0.29, 0.717) is 13.1 Å². The average molecular weight is 366 g/mol. The monoisotopic (exact) mass is 366 g/mol. The Labute approximate surface area is 148 Å². The number of carbonyl (C=O) groups is 4. The van der Waals surface area contributed by atoms with E-state index < -0.39 is 41.8 Å². The summed E-state index contributed by atoms with van der Waals surface area (Å²) < 4.78 is 9.98. The molecule has 4 unspecified atom stereocenters. The number of hydrogen-bond donors (Lipinski definition) is 1. The lowest BCUT2D eigenvalue weighted by atomic mass is 10.0. The SMILES string of the molecule is C#CCC1(C(=O)OOC(=O)C2OC2C(=O)N2CCCCC2)OC1C(N)=O. The summed E-state index contributed by atoms with van der Waals surface area (Å²) in [5.41, 5.74) is 3.33. The highest BCUT2D eigenvalue weighted by molar-refractivity contribution is 5.96. The number of epoxide rings is 2. The molecule has 0 saturated carbocycles. The minimum atomic E-state index is -1.74. The summed E-state index contributed by atoms with van der Waals surface area (Å²) in [6.45, 7) is 1.24. The van der Waals surface area contributed by atoms with Gasteiger partial charge in [0.2, 0.25) is 11.5 Å². The zero-order chi connectivity index (χ0) is 18.9. The quantitative estimate of drug-likeness (QED) is 0.266. The van der Waals surface area contributed by atoms with Gasteiger partial charge >= 0.3 is 11.9 Å². The molecular formula is C16H18N2O8. The molecule has 0 aromatic heterocycles. The van der Waals surface area contributed by atoms with Gasteiger partial charge in [0.25, 0.3) is 5.91 Å². The molecule has 10 nitrogen and oxygen atoms in total. The molecule has 3 aliphatic rings. The summed E-state index contributed by atoms with van der Waals surface area (Å²) in [5, 5.41) is 0. The summed E-state index contributed by atoms with van der Waals surface area (Å²) in [6, 6.07) is 0. The van der Waals surface area contributed by atoms with Crippen molar-refractivity contribution in [2.75, 3.05) is 13.1 Å². The lowest BCUT2D eigenvalue weighted by Crippen LogP contribution is -2.39. The number of rotatable bonds is 5. The molecule has 0 aromatic carbocycles. The summed E-state index contributed by atoms with van der Waals surface area (Å²) >= 11 is 0. The van der Waals surface area contributed by atoms with E-state index in [9.17, 15) is 19.2 Å². The average Bonchev–Trinajstić information content (AvgIpc) is 3.53. The second-order valence-electron chi connectivity index (χ2n) is 6.31. The number of piperidine rings is 1. The van der Waals surface area contributed by atoms with E-state index in [-0.39, 0.29) is 12.3 Å². The molecule has 3 saturated heterocycles. The topological polar surface area (TPSA) is 141 Å². The number of hydrogen-bond acceptors (Lipinski definition) is 8. The van der Waals surface area contributed by atoms with Gasteiger partial charge in [0.1, 0.15) is 0 Å². The third-order valence-corrected chi connectivity index (χ3v) is 4.50. The first kappa shape index (κ1) is 18.2. The third-order valence-electron chi connectivity index (χ3n) is 4.50. The molecule has 0 radical (unpaired) electrons.